The Morgan fingerprint density at radius 2 is 1.56 bits per heavy atom. The van der Waals surface area contributed by atoms with Gasteiger partial charge in [-0.25, -0.2) is 0 Å². The van der Waals surface area contributed by atoms with Crippen LogP contribution in [-0.4, -0.2) is 29.9 Å². The lowest BCUT2D eigenvalue weighted by molar-refractivity contribution is 0.509. The third-order valence-electron chi connectivity index (χ3n) is 5.69. The van der Waals surface area contributed by atoms with E-state index in [1.807, 2.05) is 50.2 Å². The molecule has 5 aromatic rings. The topological polar surface area (TPSA) is 82.5 Å². The van der Waals surface area contributed by atoms with Gasteiger partial charge in [-0.1, -0.05) is 35.5 Å². The molecule has 2 aromatic carbocycles. The van der Waals surface area contributed by atoms with Crippen molar-refractivity contribution >= 4 is 11.8 Å². The fraction of sp³-hybridized carbons (Fsp3) is 0.192. The van der Waals surface area contributed by atoms with Crippen molar-refractivity contribution in [1.82, 2.24) is 29.9 Å². The summed E-state index contributed by atoms with van der Waals surface area (Å²) in [7, 11) is 0. The Labute approximate surface area is 202 Å². The van der Waals surface area contributed by atoms with E-state index in [0.717, 1.165) is 27.8 Å². The van der Waals surface area contributed by atoms with E-state index in [1.165, 1.54) is 28.5 Å². The van der Waals surface area contributed by atoms with E-state index in [-0.39, 0.29) is 5.25 Å². The zero-order valence-electron chi connectivity index (χ0n) is 19.4. The minimum atomic E-state index is -0.119. The highest BCUT2D eigenvalue weighted by atomic mass is 32.2. The van der Waals surface area contributed by atoms with Gasteiger partial charge in [-0.2, -0.15) is 0 Å². The quantitative estimate of drug-likeness (QED) is 0.276. The highest BCUT2D eigenvalue weighted by Crippen LogP contribution is 2.37. The van der Waals surface area contributed by atoms with Crippen molar-refractivity contribution in [2.45, 2.75) is 38.1 Å². The average Bonchev–Trinajstić information content (AvgIpc) is 3.50. The van der Waals surface area contributed by atoms with Gasteiger partial charge in [0, 0.05) is 23.5 Å². The molecule has 0 aliphatic carbocycles. The molecule has 0 aliphatic rings. The molecule has 0 radical (unpaired) electrons. The maximum Gasteiger partial charge on any atom is 0.247 e. The Hall–Kier alpha value is -3.78. The first-order valence-electron chi connectivity index (χ1n) is 11.0. The van der Waals surface area contributed by atoms with Gasteiger partial charge in [0.05, 0.1) is 10.9 Å². The zero-order chi connectivity index (χ0) is 23.7. The van der Waals surface area contributed by atoms with Crippen molar-refractivity contribution in [2.24, 2.45) is 0 Å². The molecule has 0 aliphatic heterocycles. The van der Waals surface area contributed by atoms with E-state index in [9.17, 15) is 0 Å². The van der Waals surface area contributed by atoms with Crippen LogP contribution in [0.5, 0.6) is 0 Å². The maximum atomic E-state index is 6.01. The number of nitrogens with zero attached hydrogens (tertiary/aromatic N) is 6. The van der Waals surface area contributed by atoms with Gasteiger partial charge in [0.1, 0.15) is 0 Å². The van der Waals surface area contributed by atoms with Crippen LogP contribution in [0.2, 0.25) is 0 Å². The predicted molar refractivity (Wildman–Crippen MR) is 133 cm³/mol. The van der Waals surface area contributed by atoms with Gasteiger partial charge >= 0.3 is 0 Å². The van der Waals surface area contributed by atoms with E-state index in [2.05, 4.69) is 62.0 Å². The Kier molecular flexibility index (Phi) is 5.98. The lowest BCUT2D eigenvalue weighted by Gasteiger charge is -2.13. The number of thioether (sulfide) groups is 1. The molecule has 1 unspecified atom stereocenters. The predicted octanol–water partition coefficient (Wildman–Crippen LogP) is 6.16. The summed E-state index contributed by atoms with van der Waals surface area (Å²) in [5.74, 6) is 1.81. The monoisotopic (exact) mass is 468 g/mol. The second-order valence-corrected chi connectivity index (χ2v) is 9.53. The number of hydrogen-bond donors (Lipinski definition) is 0. The molecule has 8 heteroatoms. The van der Waals surface area contributed by atoms with E-state index < -0.39 is 0 Å². The summed E-state index contributed by atoms with van der Waals surface area (Å²) in [5, 5.41) is 18.2. The summed E-state index contributed by atoms with van der Waals surface area (Å²) in [6.07, 6.45) is 3.52. The summed E-state index contributed by atoms with van der Waals surface area (Å²) in [6.45, 7) is 8.29. The largest absolute Gasteiger partial charge is 0.419 e. The number of rotatable bonds is 6. The molecular formula is C26H24N6OS. The first-order valence-corrected chi connectivity index (χ1v) is 11.9. The summed E-state index contributed by atoms with van der Waals surface area (Å²) in [4.78, 5) is 4.14. The molecule has 0 bridgehead atoms. The van der Waals surface area contributed by atoms with Gasteiger partial charge in [-0.05, 0) is 75.2 Å². The molecule has 3 heterocycles. The normalized spacial score (nSPS) is 12.1. The molecule has 0 amide bonds. The Bertz CT molecular complexity index is 1430. The second-order valence-electron chi connectivity index (χ2n) is 8.22. The van der Waals surface area contributed by atoms with Crippen LogP contribution in [0.1, 0.15) is 34.8 Å². The first kappa shape index (κ1) is 22.0. The lowest BCUT2D eigenvalue weighted by atomic mass is 10.1. The number of pyridine rings is 1. The van der Waals surface area contributed by atoms with Crippen LogP contribution in [0.4, 0.5) is 0 Å². The van der Waals surface area contributed by atoms with E-state index in [4.69, 9.17) is 4.42 Å². The number of aromatic nitrogens is 6. The molecule has 0 saturated heterocycles. The van der Waals surface area contributed by atoms with Crippen molar-refractivity contribution in [3.63, 3.8) is 0 Å². The molecule has 0 N–H and O–H groups in total. The van der Waals surface area contributed by atoms with Crippen molar-refractivity contribution < 1.29 is 4.42 Å². The molecule has 3 aromatic heterocycles. The number of benzene rings is 2. The molecule has 7 nitrogen and oxygen atoms in total. The maximum absolute atomic E-state index is 6.01. The van der Waals surface area contributed by atoms with Crippen molar-refractivity contribution in [3.8, 4) is 28.5 Å². The molecular weight excluding hydrogens is 444 g/mol. The molecule has 0 saturated carbocycles. The van der Waals surface area contributed by atoms with Gasteiger partial charge in [0.15, 0.2) is 11.0 Å². The van der Waals surface area contributed by atoms with Gasteiger partial charge in [-0.3, -0.25) is 9.55 Å². The Morgan fingerprint density at radius 3 is 2.29 bits per heavy atom. The van der Waals surface area contributed by atoms with Gasteiger partial charge < -0.3 is 4.42 Å². The summed E-state index contributed by atoms with van der Waals surface area (Å²) >= 11 is 1.53. The van der Waals surface area contributed by atoms with E-state index in [0.29, 0.717) is 11.8 Å². The van der Waals surface area contributed by atoms with Gasteiger partial charge in [0.2, 0.25) is 11.8 Å². The SMILES string of the molecule is Cc1ccc(-c2nnc(C(C)Sc3nnc(-c4ccncc4)n3-c3ccc(C)c(C)c3)o2)cc1. The summed E-state index contributed by atoms with van der Waals surface area (Å²) in [5.41, 5.74) is 6.47. The number of hydrogen-bond acceptors (Lipinski definition) is 7. The van der Waals surface area contributed by atoms with Crippen molar-refractivity contribution in [3.05, 3.63) is 89.6 Å². The van der Waals surface area contributed by atoms with Crippen LogP contribution in [-0.2, 0) is 0 Å². The van der Waals surface area contributed by atoms with Crippen LogP contribution < -0.4 is 0 Å². The minimum Gasteiger partial charge on any atom is -0.419 e. The highest BCUT2D eigenvalue weighted by Gasteiger charge is 2.22. The second kappa shape index (κ2) is 9.23. The first-order chi connectivity index (χ1) is 16.5. The lowest BCUT2D eigenvalue weighted by Crippen LogP contribution is -2.02. The molecule has 170 valence electrons. The third-order valence-corrected chi connectivity index (χ3v) is 6.72. The minimum absolute atomic E-state index is 0.119. The Balaban J connectivity index is 1.50. The molecule has 1 atom stereocenters. The standard InChI is InChI=1S/C26H24N6OS/c1-16-5-8-21(9-6-16)25-30-29-24(33-25)19(4)34-26-31-28-23(20-11-13-27-14-12-20)32(26)22-10-7-17(2)18(3)15-22/h5-15,19H,1-4H3. The van der Waals surface area contributed by atoms with Crippen LogP contribution in [0.15, 0.2) is 76.6 Å². The Morgan fingerprint density at radius 1 is 0.794 bits per heavy atom. The molecule has 34 heavy (non-hydrogen) atoms. The molecule has 0 fully saturated rings. The average molecular weight is 469 g/mol. The van der Waals surface area contributed by atoms with Gasteiger partial charge in [-0.15, -0.1) is 20.4 Å². The molecule has 5 rings (SSSR count). The van der Waals surface area contributed by atoms with Gasteiger partial charge in [0.25, 0.3) is 0 Å². The van der Waals surface area contributed by atoms with Crippen molar-refractivity contribution in [2.75, 3.05) is 0 Å². The highest BCUT2D eigenvalue weighted by molar-refractivity contribution is 7.99. The van der Waals surface area contributed by atoms with E-state index in [1.54, 1.807) is 12.4 Å². The zero-order valence-corrected chi connectivity index (χ0v) is 20.2. The van der Waals surface area contributed by atoms with Crippen LogP contribution in [0.25, 0.3) is 28.5 Å². The fourth-order valence-electron chi connectivity index (χ4n) is 3.55. The number of aryl methyl sites for hydroxylation is 3. The van der Waals surface area contributed by atoms with Crippen LogP contribution in [0, 0.1) is 20.8 Å². The van der Waals surface area contributed by atoms with E-state index >= 15 is 0 Å². The summed E-state index contributed by atoms with van der Waals surface area (Å²) in [6, 6.07) is 18.3. The molecule has 0 spiro atoms. The summed E-state index contributed by atoms with van der Waals surface area (Å²) < 4.78 is 8.08. The van der Waals surface area contributed by atoms with Crippen LogP contribution in [0.3, 0.4) is 0 Å². The van der Waals surface area contributed by atoms with Crippen LogP contribution >= 0.6 is 11.8 Å². The van der Waals surface area contributed by atoms with Crippen molar-refractivity contribution in [1.29, 1.82) is 0 Å². The third kappa shape index (κ3) is 4.36. The smallest absolute Gasteiger partial charge is 0.247 e. The fourth-order valence-corrected chi connectivity index (χ4v) is 4.45.